The second-order valence-electron chi connectivity index (χ2n) is 8.16. The molecule has 0 N–H and O–H groups in total. The smallest absolute Gasteiger partial charge is 0.274 e. The van der Waals surface area contributed by atoms with Crippen molar-refractivity contribution in [2.75, 3.05) is 0 Å². The fourth-order valence-electron chi connectivity index (χ4n) is 4.49. The van der Waals surface area contributed by atoms with Crippen molar-refractivity contribution in [2.45, 2.75) is 13.5 Å². The summed E-state index contributed by atoms with van der Waals surface area (Å²) in [5.74, 6) is 0. The molecule has 3 heterocycles. The summed E-state index contributed by atoms with van der Waals surface area (Å²) in [5, 5.41) is 12.0. The van der Waals surface area contributed by atoms with E-state index >= 15 is 0 Å². The van der Waals surface area contributed by atoms with Crippen LogP contribution >= 0.6 is 11.3 Å². The summed E-state index contributed by atoms with van der Waals surface area (Å²) in [6, 6.07) is 22.4. The molecule has 0 aliphatic carbocycles. The van der Waals surface area contributed by atoms with Gasteiger partial charge in [0.25, 0.3) is 11.2 Å². The van der Waals surface area contributed by atoms with E-state index in [1.165, 1.54) is 23.5 Å². The molecule has 3 aromatic heterocycles. The highest BCUT2D eigenvalue weighted by Crippen LogP contribution is 2.28. The third-order valence-corrected chi connectivity index (χ3v) is 7.16. The number of hydrogen-bond donors (Lipinski definition) is 0. The number of nitro benzene ring substituents is 1. The summed E-state index contributed by atoms with van der Waals surface area (Å²) < 4.78 is 4.49. The van der Waals surface area contributed by atoms with Crippen LogP contribution < -0.4 is 10.1 Å². The molecule has 166 valence electrons. The Balaban J connectivity index is 1.51. The number of para-hydroxylation sites is 3. The number of hydrogen-bond acceptors (Lipinski definition) is 5. The van der Waals surface area contributed by atoms with Gasteiger partial charge in [-0.1, -0.05) is 53.8 Å². The van der Waals surface area contributed by atoms with Crippen molar-refractivity contribution in [3.05, 3.63) is 115 Å². The SMILES string of the molecule is Cc1c(/C=c2\sc3nc4ccccc4n3c2=O)c2ccccc2n1Cc1ccc([N+](=O)[O-])cc1. The molecule has 0 bridgehead atoms. The average molecular weight is 467 g/mol. The highest BCUT2D eigenvalue weighted by Gasteiger charge is 2.15. The Hall–Kier alpha value is -4.30. The van der Waals surface area contributed by atoms with Gasteiger partial charge in [0, 0.05) is 40.8 Å². The first kappa shape index (κ1) is 20.3. The summed E-state index contributed by atoms with van der Waals surface area (Å²) in [6.07, 6.45) is 1.96. The summed E-state index contributed by atoms with van der Waals surface area (Å²) in [7, 11) is 0. The van der Waals surface area contributed by atoms with Crippen LogP contribution in [-0.2, 0) is 6.54 Å². The molecule has 0 aliphatic heterocycles. The molecule has 8 heteroatoms. The van der Waals surface area contributed by atoms with Crippen molar-refractivity contribution in [3.8, 4) is 0 Å². The second-order valence-corrected chi connectivity index (χ2v) is 9.17. The lowest BCUT2D eigenvalue weighted by atomic mass is 10.1. The number of nitrogens with zero attached hydrogens (tertiary/aromatic N) is 4. The minimum atomic E-state index is -0.394. The zero-order valence-electron chi connectivity index (χ0n) is 18.1. The lowest BCUT2D eigenvalue weighted by molar-refractivity contribution is -0.384. The van der Waals surface area contributed by atoms with E-state index < -0.39 is 4.92 Å². The van der Waals surface area contributed by atoms with Crippen molar-refractivity contribution in [1.82, 2.24) is 14.0 Å². The molecule has 0 atom stereocenters. The first-order valence-corrected chi connectivity index (χ1v) is 11.6. The number of thiazole rings is 1. The predicted octanol–water partition coefficient (Wildman–Crippen LogP) is 4.68. The van der Waals surface area contributed by atoms with Crippen LogP contribution in [0.5, 0.6) is 0 Å². The molecule has 6 rings (SSSR count). The van der Waals surface area contributed by atoms with Gasteiger partial charge < -0.3 is 4.57 Å². The van der Waals surface area contributed by atoms with Gasteiger partial charge in [0.05, 0.1) is 20.5 Å². The van der Waals surface area contributed by atoms with E-state index in [9.17, 15) is 14.9 Å². The standard InChI is InChI=1S/C26H18N4O3S/c1-16-20(14-24-25(31)29-23-9-5-3-7-21(23)27-26(29)34-24)19-6-2-4-8-22(19)28(16)15-17-10-12-18(13-11-17)30(32)33/h2-14H,15H2,1H3/b24-14-. The Bertz CT molecular complexity index is 1850. The Morgan fingerprint density at radius 2 is 1.71 bits per heavy atom. The van der Waals surface area contributed by atoms with Gasteiger partial charge in [-0.25, -0.2) is 9.38 Å². The van der Waals surface area contributed by atoms with Crippen molar-refractivity contribution >= 4 is 50.0 Å². The fourth-order valence-corrected chi connectivity index (χ4v) is 5.46. The summed E-state index contributed by atoms with van der Waals surface area (Å²) >= 11 is 1.39. The molecule has 0 radical (unpaired) electrons. The first-order chi connectivity index (χ1) is 16.5. The van der Waals surface area contributed by atoms with Gasteiger partial charge in [-0.2, -0.15) is 0 Å². The number of benzene rings is 3. The lowest BCUT2D eigenvalue weighted by Crippen LogP contribution is -2.22. The van der Waals surface area contributed by atoms with Crippen LogP contribution in [0.2, 0.25) is 0 Å². The maximum Gasteiger partial charge on any atom is 0.274 e. The number of non-ortho nitro benzene ring substituents is 1. The second kappa shape index (κ2) is 7.64. The van der Waals surface area contributed by atoms with Gasteiger partial charge in [0.15, 0.2) is 4.96 Å². The van der Waals surface area contributed by atoms with Gasteiger partial charge in [0.2, 0.25) is 0 Å². The van der Waals surface area contributed by atoms with Crippen LogP contribution in [0.1, 0.15) is 16.8 Å². The van der Waals surface area contributed by atoms with Gasteiger partial charge in [-0.3, -0.25) is 14.9 Å². The summed E-state index contributed by atoms with van der Waals surface area (Å²) in [4.78, 5) is 29.2. The molecule has 0 spiro atoms. The van der Waals surface area contributed by atoms with E-state index in [4.69, 9.17) is 0 Å². The molecule has 0 unspecified atom stereocenters. The Morgan fingerprint density at radius 1 is 1.00 bits per heavy atom. The van der Waals surface area contributed by atoms with Gasteiger partial charge in [0.1, 0.15) is 0 Å². The largest absolute Gasteiger partial charge is 0.340 e. The van der Waals surface area contributed by atoms with E-state index in [1.54, 1.807) is 16.5 Å². The van der Waals surface area contributed by atoms with Crippen LogP contribution in [0, 0.1) is 17.0 Å². The van der Waals surface area contributed by atoms with E-state index in [-0.39, 0.29) is 11.2 Å². The molecule has 0 amide bonds. The molecular formula is C26H18N4O3S. The maximum atomic E-state index is 13.3. The molecule has 0 aliphatic rings. The lowest BCUT2D eigenvalue weighted by Gasteiger charge is -2.08. The molecule has 7 nitrogen and oxygen atoms in total. The van der Waals surface area contributed by atoms with E-state index in [1.807, 2.05) is 49.4 Å². The minimum absolute atomic E-state index is 0.0692. The van der Waals surface area contributed by atoms with Gasteiger partial charge in [-0.15, -0.1) is 0 Å². The van der Waals surface area contributed by atoms with Gasteiger partial charge in [-0.05, 0) is 36.8 Å². The van der Waals surface area contributed by atoms with E-state index in [0.717, 1.165) is 38.8 Å². The average Bonchev–Trinajstić information content (AvgIpc) is 3.45. The Labute approximate surface area is 197 Å². The monoisotopic (exact) mass is 466 g/mol. The quantitative estimate of drug-likeness (QED) is 0.279. The van der Waals surface area contributed by atoms with Crippen molar-refractivity contribution < 1.29 is 4.92 Å². The molecule has 0 fully saturated rings. The van der Waals surface area contributed by atoms with Crippen LogP contribution in [0.15, 0.2) is 77.6 Å². The zero-order valence-corrected chi connectivity index (χ0v) is 19.0. The van der Waals surface area contributed by atoms with Crippen LogP contribution in [0.3, 0.4) is 0 Å². The van der Waals surface area contributed by atoms with E-state index in [0.29, 0.717) is 16.0 Å². The molecule has 0 saturated heterocycles. The normalized spacial score (nSPS) is 12.3. The Kier molecular flexibility index (Phi) is 4.56. The third kappa shape index (κ3) is 3.11. The van der Waals surface area contributed by atoms with Crippen molar-refractivity contribution in [2.24, 2.45) is 0 Å². The number of imidazole rings is 1. The number of aromatic nitrogens is 3. The fraction of sp³-hybridized carbons (Fsp3) is 0.0769. The molecular weight excluding hydrogens is 448 g/mol. The molecule has 34 heavy (non-hydrogen) atoms. The molecule has 0 saturated carbocycles. The first-order valence-electron chi connectivity index (χ1n) is 10.7. The van der Waals surface area contributed by atoms with Crippen LogP contribution in [0.25, 0.3) is 33.0 Å². The van der Waals surface area contributed by atoms with Gasteiger partial charge >= 0.3 is 0 Å². The molecule has 3 aromatic carbocycles. The minimum Gasteiger partial charge on any atom is -0.340 e. The van der Waals surface area contributed by atoms with E-state index in [2.05, 4.69) is 21.7 Å². The molecule has 6 aromatic rings. The predicted molar refractivity (Wildman–Crippen MR) is 135 cm³/mol. The van der Waals surface area contributed by atoms with Crippen molar-refractivity contribution in [1.29, 1.82) is 0 Å². The van der Waals surface area contributed by atoms with Crippen LogP contribution in [0.4, 0.5) is 5.69 Å². The third-order valence-electron chi connectivity index (χ3n) is 6.19. The Morgan fingerprint density at radius 3 is 2.47 bits per heavy atom. The highest BCUT2D eigenvalue weighted by molar-refractivity contribution is 7.15. The summed E-state index contributed by atoms with van der Waals surface area (Å²) in [6.45, 7) is 2.61. The van der Waals surface area contributed by atoms with Crippen molar-refractivity contribution in [3.63, 3.8) is 0 Å². The highest BCUT2D eigenvalue weighted by atomic mass is 32.1. The number of nitro groups is 1. The maximum absolute atomic E-state index is 13.3. The van der Waals surface area contributed by atoms with Crippen LogP contribution in [-0.4, -0.2) is 18.9 Å². The number of rotatable bonds is 4. The topological polar surface area (TPSA) is 82.4 Å². The summed E-state index contributed by atoms with van der Waals surface area (Å²) in [5.41, 5.74) is 5.66. The zero-order chi connectivity index (χ0) is 23.4. The number of fused-ring (bicyclic) bond motifs is 4.